The number of fused-ring (bicyclic) bond motifs is 5. The molecular weight excluding hydrogens is 524 g/mol. The van der Waals surface area contributed by atoms with Crippen LogP contribution in [0.25, 0.3) is 0 Å². The van der Waals surface area contributed by atoms with E-state index in [-0.39, 0.29) is 30.3 Å². The molecule has 236 valence electrons. The van der Waals surface area contributed by atoms with Crippen LogP contribution >= 0.6 is 0 Å². The van der Waals surface area contributed by atoms with Crippen molar-refractivity contribution in [1.29, 1.82) is 0 Å². The monoisotopic (exact) mass is 582 g/mol. The van der Waals surface area contributed by atoms with Gasteiger partial charge in [-0.2, -0.15) is 0 Å². The van der Waals surface area contributed by atoms with Gasteiger partial charge >= 0.3 is 11.9 Å². The standard InChI is InChI=1S/C37H58O5/c1-22(5-10-33(39)41-21-34(40)42-37(4)26-16-23-15-24(18-26)19-27(37)17-23)30-8-9-31-29-7-6-25-20-28(38)11-13-35(25,2)32(29)12-14-36(30,31)3/h22-32,38H,5-21H2,1-4H3. The van der Waals surface area contributed by atoms with Gasteiger partial charge < -0.3 is 14.6 Å². The van der Waals surface area contributed by atoms with E-state index in [2.05, 4.69) is 27.7 Å². The minimum atomic E-state index is -0.367. The van der Waals surface area contributed by atoms with E-state index in [0.717, 1.165) is 48.9 Å². The third kappa shape index (κ3) is 4.80. The van der Waals surface area contributed by atoms with Crippen molar-refractivity contribution in [3.63, 3.8) is 0 Å². The molecule has 8 saturated carbocycles. The Morgan fingerprint density at radius 3 is 2.14 bits per heavy atom. The first-order chi connectivity index (χ1) is 20.0. The minimum absolute atomic E-state index is 0.0761. The van der Waals surface area contributed by atoms with Gasteiger partial charge in [0, 0.05) is 6.42 Å². The minimum Gasteiger partial charge on any atom is -0.456 e. The van der Waals surface area contributed by atoms with Crippen molar-refractivity contribution in [3.8, 4) is 0 Å². The molecule has 0 aliphatic heterocycles. The van der Waals surface area contributed by atoms with E-state index >= 15 is 0 Å². The maximum Gasteiger partial charge on any atom is 0.344 e. The molecule has 5 heteroatoms. The smallest absolute Gasteiger partial charge is 0.344 e. The normalized spacial score (nSPS) is 51.3. The van der Waals surface area contributed by atoms with Gasteiger partial charge in [-0.3, -0.25) is 4.79 Å². The van der Waals surface area contributed by atoms with E-state index in [1.165, 1.54) is 77.0 Å². The summed E-state index contributed by atoms with van der Waals surface area (Å²) in [4.78, 5) is 25.6. The lowest BCUT2D eigenvalue weighted by molar-refractivity contribution is -0.207. The van der Waals surface area contributed by atoms with Crippen LogP contribution in [0.4, 0.5) is 0 Å². The molecule has 0 heterocycles. The number of ether oxygens (including phenoxy) is 2. The number of esters is 2. The zero-order valence-corrected chi connectivity index (χ0v) is 27.0. The van der Waals surface area contributed by atoms with Crippen LogP contribution in [0.1, 0.15) is 130 Å². The highest BCUT2D eigenvalue weighted by molar-refractivity contribution is 5.76. The van der Waals surface area contributed by atoms with E-state index < -0.39 is 0 Å². The van der Waals surface area contributed by atoms with Gasteiger partial charge in [-0.05, 0) is 173 Å². The number of hydrogen-bond donors (Lipinski definition) is 1. The number of carbonyl (C=O) groups excluding carboxylic acids is 2. The van der Waals surface area contributed by atoms with E-state index in [1.54, 1.807) is 0 Å². The van der Waals surface area contributed by atoms with E-state index in [1.807, 2.05) is 0 Å². The molecule has 0 aromatic heterocycles. The quantitative estimate of drug-likeness (QED) is 0.311. The Kier molecular flexibility index (Phi) is 7.59. The fourth-order valence-electron chi connectivity index (χ4n) is 13.5. The molecule has 42 heavy (non-hydrogen) atoms. The van der Waals surface area contributed by atoms with Crippen LogP contribution in [-0.2, 0) is 19.1 Å². The van der Waals surface area contributed by atoms with E-state index in [4.69, 9.17) is 9.47 Å². The first kappa shape index (κ1) is 29.6. The Hall–Kier alpha value is -1.10. The summed E-state index contributed by atoms with van der Waals surface area (Å²) < 4.78 is 11.6. The summed E-state index contributed by atoms with van der Waals surface area (Å²) in [5, 5.41) is 10.4. The summed E-state index contributed by atoms with van der Waals surface area (Å²) >= 11 is 0. The fourth-order valence-corrected chi connectivity index (χ4v) is 13.5. The summed E-state index contributed by atoms with van der Waals surface area (Å²) in [5.74, 6) is 6.35. The van der Waals surface area contributed by atoms with Gasteiger partial charge in [-0.1, -0.05) is 20.8 Å². The maximum atomic E-state index is 12.8. The molecule has 0 aromatic carbocycles. The molecule has 0 amide bonds. The topological polar surface area (TPSA) is 72.8 Å². The van der Waals surface area contributed by atoms with Crippen molar-refractivity contribution in [3.05, 3.63) is 0 Å². The molecule has 8 aliphatic rings. The first-order valence-corrected chi connectivity index (χ1v) is 18.0. The lowest BCUT2D eigenvalue weighted by Gasteiger charge is -2.61. The fraction of sp³-hybridized carbons (Fsp3) is 0.946. The lowest BCUT2D eigenvalue weighted by atomic mass is 9.44. The van der Waals surface area contributed by atoms with Crippen LogP contribution in [0.2, 0.25) is 0 Å². The van der Waals surface area contributed by atoms with Gasteiger partial charge in [0.05, 0.1) is 6.10 Å². The SMILES string of the molecule is CC(CCC(=O)OCC(=O)OC1(C)C2CC3CC(C2)CC1C3)C1CCC2C3CCC4CC(O)CCC4(C)C3CCC12C. The molecule has 8 rings (SSSR count). The maximum absolute atomic E-state index is 12.8. The molecule has 0 aromatic rings. The second-order valence-electron chi connectivity index (χ2n) is 17.5. The summed E-state index contributed by atoms with van der Waals surface area (Å²) in [6.07, 6.45) is 18.5. The number of hydrogen-bond acceptors (Lipinski definition) is 5. The second kappa shape index (κ2) is 10.8. The van der Waals surface area contributed by atoms with Gasteiger partial charge in [0.2, 0.25) is 0 Å². The number of aliphatic hydroxyl groups is 1. The lowest BCUT2D eigenvalue weighted by Crippen LogP contribution is -2.58. The van der Waals surface area contributed by atoms with E-state index in [0.29, 0.717) is 46.8 Å². The first-order valence-electron chi connectivity index (χ1n) is 18.0. The van der Waals surface area contributed by atoms with E-state index in [9.17, 15) is 14.7 Å². The van der Waals surface area contributed by atoms with Gasteiger partial charge in [-0.25, -0.2) is 4.79 Å². The van der Waals surface area contributed by atoms with Crippen LogP contribution in [-0.4, -0.2) is 35.4 Å². The van der Waals surface area contributed by atoms with Crippen LogP contribution in [0.3, 0.4) is 0 Å². The molecule has 1 N–H and O–H groups in total. The molecule has 0 radical (unpaired) electrons. The summed E-state index contributed by atoms with van der Waals surface area (Å²) in [5.41, 5.74) is 0.430. The van der Waals surface area contributed by atoms with Gasteiger partial charge in [-0.15, -0.1) is 0 Å². The Labute approximate surface area is 254 Å². The molecule has 9 atom stereocenters. The molecular formula is C37H58O5. The van der Waals surface area contributed by atoms with Crippen molar-refractivity contribution in [2.75, 3.05) is 6.61 Å². The Balaban J connectivity index is 0.894. The van der Waals surface area contributed by atoms with Crippen molar-refractivity contribution in [2.24, 2.45) is 70.0 Å². The van der Waals surface area contributed by atoms with Crippen molar-refractivity contribution in [2.45, 2.75) is 142 Å². The van der Waals surface area contributed by atoms with Crippen molar-refractivity contribution >= 4 is 11.9 Å². The predicted molar refractivity (Wildman–Crippen MR) is 162 cm³/mol. The third-order valence-electron chi connectivity index (χ3n) is 15.6. The van der Waals surface area contributed by atoms with Crippen molar-refractivity contribution < 1.29 is 24.2 Å². The van der Waals surface area contributed by atoms with Gasteiger partial charge in [0.15, 0.2) is 6.61 Å². The molecule has 8 fully saturated rings. The Bertz CT molecular complexity index is 1020. The molecule has 9 unspecified atom stereocenters. The van der Waals surface area contributed by atoms with Gasteiger partial charge in [0.25, 0.3) is 0 Å². The molecule has 4 bridgehead atoms. The highest BCUT2D eigenvalue weighted by Gasteiger charge is 2.61. The molecule has 8 aliphatic carbocycles. The van der Waals surface area contributed by atoms with Gasteiger partial charge in [0.1, 0.15) is 5.60 Å². The zero-order chi connectivity index (χ0) is 29.4. The Morgan fingerprint density at radius 1 is 0.762 bits per heavy atom. The zero-order valence-electron chi connectivity index (χ0n) is 27.0. The van der Waals surface area contributed by atoms with Crippen LogP contribution in [0.15, 0.2) is 0 Å². The highest BCUT2D eigenvalue weighted by atomic mass is 16.6. The number of carbonyl (C=O) groups is 2. The average Bonchev–Trinajstić information content (AvgIpc) is 3.31. The summed E-state index contributed by atoms with van der Waals surface area (Å²) in [7, 11) is 0. The molecule has 5 nitrogen and oxygen atoms in total. The predicted octanol–water partition coefficient (Wildman–Crippen LogP) is 7.72. The van der Waals surface area contributed by atoms with Crippen LogP contribution < -0.4 is 0 Å². The number of aliphatic hydroxyl groups excluding tert-OH is 1. The second-order valence-corrected chi connectivity index (χ2v) is 17.5. The largest absolute Gasteiger partial charge is 0.456 e. The molecule has 0 saturated heterocycles. The Morgan fingerprint density at radius 2 is 1.43 bits per heavy atom. The van der Waals surface area contributed by atoms with Crippen LogP contribution in [0.5, 0.6) is 0 Å². The summed E-state index contributed by atoms with van der Waals surface area (Å²) in [6.45, 7) is 9.43. The average molecular weight is 583 g/mol. The molecule has 0 spiro atoms. The number of rotatable bonds is 7. The van der Waals surface area contributed by atoms with Crippen molar-refractivity contribution in [1.82, 2.24) is 0 Å². The summed E-state index contributed by atoms with van der Waals surface area (Å²) in [6, 6.07) is 0. The highest BCUT2D eigenvalue weighted by Crippen LogP contribution is 2.68. The third-order valence-corrected chi connectivity index (χ3v) is 15.6. The van der Waals surface area contributed by atoms with Crippen LogP contribution in [0, 0.1) is 70.0 Å².